The van der Waals surface area contributed by atoms with Crippen molar-refractivity contribution in [3.05, 3.63) is 72.3 Å². The smallest absolute Gasteiger partial charge is 0.128 e. The monoisotopic (exact) mass is 236 g/mol. The van der Waals surface area contributed by atoms with Gasteiger partial charge in [-0.3, -0.25) is 0 Å². The van der Waals surface area contributed by atoms with Crippen LogP contribution in [0.5, 0.6) is 11.5 Å². The van der Waals surface area contributed by atoms with Crippen LogP contribution in [0.1, 0.15) is 16.7 Å². The van der Waals surface area contributed by atoms with Crippen LogP contribution in [-0.4, -0.2) is 0 Å². The van der Waals surface area contributed by atoms with Crippen molar-refractivity contribution in [2.24, 2.45) is 0 Å². The number of hydrogen-bond donors (Lipinski definition) is 0. The van der Waals surface area contributed by atoms with Gasteiger partial charge in [-0.05, 0) is 42.3 Å². The fourth-order valence-electron chi connectivity index (χ4n) is 1.72. The van der Waals surface area contributed by atoms with Crippen LogP contribution in [0.2, 0.25) is 0 Å². The zero-order chi connectivity index (χ0) is 13.0. The SMILES string of the molecule is C=Cc1ccc(Oc2ccc(C)cc2)cc1C=C. The van der Waals surface area contributed by atoms with Gasteiger partial charge in [0.05, 0.1) is 0 Å². The van der Waals surface area contributed by atoms with Crippen molar-refractivity contribution >= 4 is 12.2 Å². The second-order valence-corrected chi connectivity index (χ2v) is 4.11. The summed E-state index contributed by atoms with van der Waals surface area (Å²) in [5, 5.41) is 0. The minimum Gasteiger partial charge on any atom is -0.457 e. The van der Waals surface area contributed by atoms with Gasteiger partial charge >= 0.3 is 0 Å². The molecule has 0 amide bonds. The molecule has 0 unspecified atom stereocenters. The molecule has 0 aliphatic carbocycles. The topological polar surface area (TPSA) is 9.23 Å². The van der Waals surface area contributed by atoms with Crippen LogP contribution < -0.4 is 4.74 Å². The van der Waals surface area contributed by atoms with Crippen LogP contribution in [0.25, 0.3) is 12.2 Å². The summed E-state index contributed by atoms with van der Waals surface area (Å²) in [5.74, 6) is 1.64. The van der Waals surface area contributed by atoms with Gasteiger partial charge in [0.15, 0.2) is 0 Å². The third-order valence-corrected chi connectivity index (χ3v) is 2.75. The van der Waals surface area contributed by atoms with E-state index in [0.717, 1.165) is 22.6 Å². The normalized spacial score (nSPS) is 9.83. The quantitative estimate of drug-likeness (QED) is 0.719. The van der Waals surface area contributed by atoms with Gasteiger partial charge in [0.1, 0.15) is 11.5 Å². The van der Waals surface area contributed by atoms with Crippen molar-refractivity contribution in [2.45, 2.75) is 6.92 Å². The number of rotatable bonds is 4. The van der Waals surface area contributed by atoms with Crippen LogP contribution in [0, 0.1) is 6.92 Å². The van der Waals surface area contributed by atoms with E-state index < -0.39 is 0 Å². The molecule has 0 aliphatic heterocycles. The minimum atomic E-state index is 0.805. The van der Waals surface area contributed by atoms with Crippen LogP contribution >= 0.6 is 0 Å². The molecule has 2 aromatic carbocycles. The van der Waals surface area contributed by atoms with Gasteiger partial charge < -0.3 is 4.74 Å². The first kappa shape index (κ1) is 12.2. The average molecular weight is 236 g/mol. The predicted molar refractivity (Wildman–Crippen MR) is 77.9 cm³/mol. The Labute approximate surface area is 108 Å². The number of hydrogen-bond acceptors (Lipinski definition) is 1. The third-order valence-electron chi connectivity index (χ3n) is 2.75. The highest BCUT2D eigenvalue weighted by atomic mass is 16.5. The summed E-state index contributed by atoms with van der Waals surface area (Å²) in [6.07, 6.45) is 3.62. The number of ether oxygens (including phenoxy) is 1. The molecular formula is C17H16O. The Morgan fingerprint density at radius 2 is 1.44 bits per heavy atom. The van der Waals surface area contributed by atoms with E-state index in [0.29, 0.717) is 0 Å². The van der Waals surface area contributed by atoms with Crippen LogP contribution in [-0.2, 0) is 0 Å². The molecule has 0 atom stereocenters. The van der Waals surface area contributed by atoms with Crippen LogP contribution in [0.3, 0.4) is 0 Å². The molecule has 1 heteroatoms. The van der Waals surface area contributed by atoms with Crippen molar-refractivity contribution in [1.82, 2.24) is 0 Å². The number of benzene rings is 2. The summed E-state index contributed by atoms with van der Waals surface area (Å²) in [6, 6.07) is 13.9. The Bertz CT molecular complexity index is 565. The molecular weight excluding hydrogens is 220 g/mol. The van der Waals surface area contributed by atoms with Crippen molar-refractivity contribution in [2.75, 3.05) is 0 Å². The Hall–Kier alpha value is -2.28. The van der Waals surface area contributed by atoms with Crippen molar-refractivity contribution in [1.29, 1.82) is 0 Å². The zero-order valence-electron chi connectivity index (χ0n) is 10.5. The summed E-state index contributed by atoms with van der Waals surface area (Å²) >= 11 is 0. The first-order valence-corrected chi connectivity index (χ1v) is 5.86. The summed E-state index contributed by atoms with van der Waals surface area (Å²) in [4.78, 5) is 0. The van der Waals surface area contributed by atoms with E-state index in [4.69, 9.17) is 4.74 Å². The first-order valence-electron chi connectivity index (χ1n) is 5.86. The maximum Gasteiger partial charge on any atom is 0.128 e. The molecule has 0 saturated heterocycles. The van der Waals surface area contributed by atoms with Gasteiger partial charge in [0, 0.05) is 0 Å². The molecule has 0 spiro atoms. The molecule has 2 aromatic rings. The molecule has 0 heterocycles. The Balaban J connectivity index is 2.26. The van der Waals surface area contributed by atoms with Gasteiger partial charge in [-0.15, -0.1) is 0 Å². The predicted octanol–water partition coefficient (Wildman–Crippen LogP) is 5.07. The lowest BCUT2D eigenvalue weighted by atomic mass is 10.1. The Morgan fingerprint density at radius 1 is 0.833 bits per heavy atom. The molecule has 2 rings (SSSR count). The largest absolute Gasteiger partial charge is 0.457 e. The van der Waals surface area contributed by atoms with E-state index in [1.165, 1.54) is 5.56 Å². The van der Waals surface area contributed by atoms with Gasteiger partial charge in [-0.1, -0.05) is 49.1 Å². The Kier molecular flexibility index (Phi) is 3.63. The molecule has 0 bridgehead atoms. The molecule has 0 aliphatic rings. The van der Waals surface area contributed by atoms with Crippen molar-refractivity contribution in [3.63, 3.8) is 0 Å². The van der Waals surface area contributed by atoms with E-state index >= 15 is 0 Å². The summed E-state index contributed by atoms with van der Waals surface area (Å²) in [7, 11) is 0. The highest BCUT2D eigenvalue weighted by molar-refractivity contribution is 5.65. The highest BCUT2D eigenvalue weighted by Crippen LogP contribution is 2.25. The summed E-state index contributed by atoms with van der Waals surface area (Å²) < 4.78 is 5.79. The molecule has 0 saturated carbocycles. The highest BCUT2D eigenvalue weighted by Gasteiger charge is 2.01. The zero-order valence-corrected chi connectivity index (χ0v) is 10.5. The summed E-state index contributed by atoms with van der Waals surface area (Å²) in [5.41, 5.74) is 3.30. The standard InChI is InChI=1S/C17H16O/c1-4-14-8-11-17(12-15(14)5-2)18-16-9-6-13(3)7-10-16/h4-12H,1-2H2,3H3. The average Bonchev–Trinajstić information content (AvgIpc) is 2.41. The van der Waals surface area contributed by atoms with E-state index in [2.05, 4.69) is 20.1 Å². The lowest BCUT2D eigenvalue weighted by Gasteiger charge is -2.08. The van der Waals surface area contributed by atoms with Crippen molar-refractivity contribution < 1.29 is 4.74 Å². The third kappa shape index (κ3) is 2.69. The number of aryl methyl sites for hydroxylation is 1. The molecule has 0 aromatic heterocycles. The molecule has 0 N–H and O–H groups in total. The van der Waals surface area contributed by atoms with Crippen LogP contribution in [0.15, 0.2) is 55.6 Å². The van der Waals surface area contributed by atoms with E-state index in [-0.39, 0.29) is 0 Å². The van der Waals surface area contributed by atoms with Gasteiger partial charge in [-0.25, -0.2) is 0 Å². The maximum atomic E-state index is 5.79. The fraction of sp³-hybridized carbons (Fsp3) is 0.0588. The molecule has 90 valence electrons. The second kappa shape index (κ2) is 5.37. The van der Waals surface area contributed by atoms with Gasteiger partial charge in [0.25, 0.3) is 0 Å². The molecule has 18 heavy (non-hydrogen) atoms. The van der Waals surface area contributed by atoms with E-state index in [1.807, 2.05) is 48.5 Å². The second-order valence-electron chi connectivity index (χ2n) is 4.11. The summed E-state index contributed by atoms with van der Waals surface area (Å²) in [6.45, 7) is 9.62. The fourth-order valence-corrected chi connectivity index (χ4v) is 1.72. The maximum absolute atomic E-state index is 5.79. The van der Waals surface area contributed by atoms with Crippen LogP contribution in [0.4, 0.5) is 0 Å². The molecule has 1 nitrogen and oxygen atoms in total. The Morgan fingerprint density at radius 3 is 2.06 bits per heavy atom. The van der Waals surface area contributed by atoms with E-state index in [1.54, 1.807) is 6.08 Å². The lowest BCUT2D eigenvalue weighted by Crippen LogP contribution is -1.87. The van der Waals surface area contributed by atoms with Gasteiger partial charge in [0.2, 0.25) is 0 Å². The van der Waals surface area contributed by atoms with E-state index in [9.17, 15) is 0 Å². The van der Waals surface area contributed by atoms with Crippen molar-refractivity contribution in [3.8, 4) is 11.5 Å². The first-order chi connectivity index (χ1) is 8.72. The lowest BCUT2D eigenvalue weighted by molar-refractivity contribution is 0.482. The van der Waals surface area contributed by atoms with Gasteiger partial charge in [-0.2, -0.15) is 0 Å². The molecule has 0 radical (unpaired) electrons. The minimum absolute atomic E-state index is 0.805. The molecule has 0 fully saturated rings.